The Hall–Kier alpha value is -2.81. The van der Waals surface area contributed by atoms with Gasteiger partial charge in [0.2, 0.25) is 11.9 Å². The first-order chi connectivity index (χ1) is 15.3. The Bertz CT molecular complexity index is 1120. The van der Waals surface area contributed by atoms with Gasteiger partial charge in [0.25, 0.3) is 0 Å². The van der Waals surface area contributed by atoms with Crippen LogP contribution in [-0.2, 0) is 6.54 Å². The number of halogens is 2. The number of anilines is 3. The molecule has 32 heavy (non-hydrogen) atoms. The van der Waals surface area contributed by atoms with Crippen LogP contribution >= 0.6 is 23.2 Å². The first-order valence-corrected chi connectivity index (χ1v) is 10.8. The summed E-state index contributed by atoms with van der Waals surface area (Å²) in [5, 5.41) is 13.4. The Labute approximate surface area is 196 Å². The lowest BCUT2D eigenvalue weighted by atomic mass is 10.2. The zero-order valence-electron chi connectivity index (χ0n) is 18.0. The van der Waals surface area contributed by atoms with E-state index in [4.69, 9.17) is 27.9 Å². The Balaban J connectivity index is 1.99. The highest BCUT2D eigenvalue weighted by molar-refractivity contribution is 6.32. The van der Waals surface area contributed by atoms with Crippen molar-refractivity contribution in [2.24, 2.45) is 0 Å². The molecule has 1 aromatic heterocycles. The molecule has 0 atom stereocenters. The summed E-state index contributed by atoms with van der Waals surface area (Å²) in [5.41, 5.74) is 1.01. The van der Waals surface area contributed by atoms with E-state index in [1.807, 2.05) is 26.0 Å². The molecule has 8 nitrogen and oxygen atoms in total. The van der Waals surface area contributed by atoms with Crippen molar-refractivity contribution in [3.8, 4) is 5.75 Å². The van der Waals surface area contributed by atoms with Crippen LogP contribution in [-0.4, -0.2) is 45.9 Å². The normalized spacial score (nSPS) is 11.0. The molecule has 2 N–H and O–H groups in total. The smallest absolute Gasteiger partial charge is 0.353 e. The number of aromatic nitrogens is 3. The molecule has 0 radical (unpaired) electrons. The van der Waals surface area contributed by atoms with Crippen molar-refractivity contribution in [2.75, 3.05) is 30.4 Å². The molecular formula is C22H25Cl2N5O3. The number of nitrogens with one attached hydrogen (secondary N) is 1. The van der Waals surface area contributed by atoms with Crippen LogP contribution in [0.25, 0.3) is 0 Å². The molecule has 10 heteroatoms. The van der Waals surface area contributed by atoms with Crippen molar-refractivity contribution < 1.29 is 9.84 Å². The average Bonchev–Trinajstić information content (AvgIpc) is 2.73. The van der Waals surface area contributed by atoms with E-state index >= 15 is 0 Å². The number of aliphatic hydroxyl groups is 1. The van der Waals surface area contributed by atoms with E-state index in [9.17, 15) is 9.90 Å². The van der Waals surface area contributed by atoms with E-state index in [-0.39, 0.29) is 37.7 Å². The molecule has 0 aliphatic heterocycles. The van der Waals surface area contributed by atoms with E-state index in [0.717, 1.165) is 5.56 Å². The van der Waals surface area contributed by atoms with Gasteiger partial charge in [0.15, 0.2) is 0 Å². The van der Waals surface area contributed by atoms with Crippen LogP contribution in [0.4, 0.5) is 17.6 Å². The summed E-state index contributed by atoms with van der Waals surface area (Å²) < 4.78 is 7.10. The predicted octanol–water partition coefficient (Wildman–Crippen LogP) is 3.95. The molecule has 0 fully saturated rings. The minimum absolute atomic E-state index is 0.0117. The molecule has 0 amide bonds. The molecule has 0 bridgehead atoms. The zero-order valence-corrected chi connectivity index (χ0v) is 19.6. The van der Waals surface area contributed by atoms with Gasteiger partial charge in [-0.15, -0.1) is 0 Å². The van der Waals surface area contributed by atoms with Crippen molar-refractivity contribution in [3.63, 3.8) is 0 Å². The fraction of sp³-hybridized carbons (Fsp3) is 0.318. The lowest BCUT2D eigenvalue weighted by molar-refractivity contribution is 0.242. The fourth-order valence-electron chi connectivity index (χ4n) is 2.90. The average molecular weight is 478 g/mol. The third-order valence-electron chi connectivity index (χ3n) is 4.47. The number of benzene rings is 2. The Morgan fingerprint density at radius 2 is 1.88 bits per heavy atom. The second-order valence-corrected chi connectivity index (χ2v) is 8.27. The summed E-state index contributed by atoms with van der Waals surface area (Å²) in [6, 6.07) is 12.4. The van der Waals surface area contributed by atoms with Crippen molar-refractivity contribution in [3.05, 3.63) is 68.6 Å². The van der Waals surface area contributed by atoms with Gasteiger partial charge in [-0.2, -0.15) is 9.97 Å². The van der Waals surface area contributed by atoms with Gasteiger partial charge in [0.1, 0.15) is 5.75 Å². The first-order valence-electron chi connectivity index (χ1n) is 10.1. The highest BCUT2D eigenvalue weighted by Gasteiger charge is 2.15. The van der Waals surface area contributed by atoms with E-state index in [2.05, 4.69) is 15.3 Å². The number of rotatable bonds is 9. The molecule has 0 aliphatic carbocycles. The third kappa shape index (κ3) is 6.12. The van der Waals surface area contributed by atoms with Crippen LogP contribution in [0.15, 0.2) is 47.3 Å². The standard InChI is InChI=1S/C22H25Cl2N5O3/c1-14(2)32-19-9-8-17(12-18(19)24)25-21-26-20(28(3)10-11-30)27-22(31)29(21)13-15-4-6-16(23)7-5-15/h4-9,12,14,30H,10-11,13H2,1-3H3,(H,25,26,27,31). The summed E-state index contributed by atoms with van der Waals surface area (Å²) in [6.45, 7) is 4.27. The van der Waals surface area contributed by atoms with Crippen molar-refractivity contribution in [2.45, 2.75) is 26.5 Å². The summed E-state index contributed by atoms with van der Waals surface area (Å²) in [4.78, 5) is 23.1. The number of likely N-dealkylation sites (N-methyl/N-ethyl adjacent to an activating group) is 1. The molecular weight excluding hydrogens is 453 g/mol. The molecule has 3 rings (SSSR count). The molecule has 0 spiro atoms. The van der Waals surface area contributed by atoms with Crippen LogP contribution in [0.1, 0.15) is 19.4 Å². The second kappa shape index (κ2) is 10.7. The topological polar surface area (TPSA) is 92.5 Å². The maximum absolute atomic E-state index is 12.9. The summed E-state index contributed by atoms with van der Waals surface area (Å²) in [5.74, 6) is 1.05. The summed E-state index contributed by atoms with van der Waals surface area (Å²) in [7, 11) is 1.70. The number of ether oxygens (including phenoxy) is 1. The zero-order chi connectivity index (χ0) is 23.3. The molecule has 170 valence electrons. The lowest BCUT2D eigenvalue weighted by Gasteiger charge is -2.19. The molecule has 0 saturated heterocycles. The molecule has 0 saturated carbocycles. The number of nitrogens with zero attached hydrogens (tertiary/aromatic N) is 4. The number of aliphatic hydroxyl groups excluding tert-OH is 1. The van der Waals surface area contributed by atoms with E-state index < -0.39 is 5.69 Å². The van der Waals surface area contributed by atoms with Gasteiger partial charge in [-0.25, -0.2) is 4.79 Å². The van der Waals surface area contributed by atoms with Gasteiger partial charge in [-0.1, -0.05) is 35.3 Å². The van der Waals surface area contributed by atoms with E-state index in [1.165, 1.54) is 4.57 Å². The molecule has 3 aromatic rings. The van der Waals surface area contributed by atoms with Gasteiger partial charge in [0, 0.05) is 24.3 Å². The van der Waals surface area contributed by atoms with E-state index in [1.54, 1.807) is 42.3 Å². The summed E-state index contributed by atoms with van der Waals surface area (Å²) >= 11 is 12.3. The third-order valence-corrected chi connectivity index (χ3v) is 5.02. The minimum atomic E-state index is -0.483. The van der Waals surface area contributed by atoms with E-state index in [0.29, 0.717) is 21.5 Å². The number of hydrogen-bond donors (Lipinski definition) is 2. The molecule has 0 unspecified atom stereocenters. The highest BCUT2D eigenvalue weighted by atomic mass is 35.5. The van der Waals surface area contributed by atoms with Gasteiger partial charge in [-0.05, 0) is 49.7 Å². The fourth-order valence-corrected chi connectivity index (χ4v) is 3.26. The monoisotopic (exact) mass is 477 g/mol. The second-order valence-electron chi connectivity index (χ2n) is 7.42. The van der Waals surface area contributed by atoms with Gasteiger partial charge in [-0.3, -0.25) is 4.57 Å². The lowest BCUT2D eigenvalue weighted by Crippen LogP contribution is -2.32. The van der Waals surface area contributed by atoms with Crippen LogP contribution in [0.2, 0.25) is 10.0 Å². The first kappa shape index (κ1) is 23.8. The van der Waals surface area contributed by atoms with Crippen molar-refractivity contribution in [1.82, 2.24) is 14.5 Å². The van der Waals surface area contributed by atoms with Gasteiger partial charge in [0.05, 0.1) is 24.3 Å². The number of hydrogen-bond acceptors (Lipinski definition) is 7. The predicted molar refractivity (Wildman–Crippen MR) is 128 cm³/mol. The molecule has 2 aromatic carbocycles. The summed E-state index contributed by atoms with van der Waals surface area (Å²) in [6.07, 6.45) is -0.0117. The van der Waals surface area contributed by atoms with Crippen LogP contribution in [0, 0.1) is 0 Å². The largest absolute Gasteiger partial charge is 0.489 e. The Morgan fingerprint density at radius 3 is 2.50 bits per heavy atom. The minimum Gasteiger partial charge on any atom is -0.489 e. The Morgan fingerprint density at radius 1 is 1.16 bits per heavy atom. The maximum atomic E-state index is 12.9. The van der Waals surface area contributed by atoms with Gasteiger partial charge >= 0.3 is 5.69 Å². The highest BCUT2D eigenvalue weighted by Crippen LogP contribution is 2.29. The quantitative estimate of drug-likeness (QED) is 0.481. The van der Waals surface area contributed by atoms with Crippen LogP contribution in [0.5, 0.6) is 5.75 Å². The van der Waals surface area contributed by atoms with Crippen molar-refractivity contribution >= 4 is 40.8 Å². The Kier molecular flexibility index (Phi) is 7.95. The SMILES string of the molecule is CC(C)Oc1ccc(Nc2nc(N(C)CCO)nc(=O)n2Cc2ccc(Cl)cc2)cc1Cl. The molecule has 1 heterocycles. The van der Waals surface area contributed by atoms with Crippen molar-refractivity contribution in [1.29, 1.82) is 0 Å². The molecule has 0 aliphatic rings. The van der Waals surface area contributed by atoms with Crippen LogP contribution in [0.3, 0.4) is 0 Å². The van der Waals surface area contributed by atoms with Crippen LogP contribution < -0.4 is 20.6 Å². The maximum Gasteiger partial charge on any atom is 0.353 e. The van der Waals surface area contributed by atoms with Gasteiger partial charge < -0.3 is 20.1 Å².